The Morgan fingerprint density at radius 2 is 1.60 bits per heavy atom. The number of hydrogen-bond acceptors (Lipinski definition) is 3. The second-order valence-corrected chi connectivity index (χ2v) is 6.76. The third-order valence-electron chi connectivity index (χ3n) is 4.76. The fourth-order valence-electron chi connectivity index (χ4n) is 3.26. The van der Waals surface area contributed by atoms with Gasteiger partial charge in [-0.05, 0) is 54.1 Å². The van der Waals surface area contributed by atoms with Crippen LogP contribution in [0.1, 0.15) is 15.9 Å². The van der Waals surface area contributed by atoms with Gasteiger partial charge in [0.1, 0.15) is 11.6 Å². The summed E-state index contributed by atoms with van der Waals surface area (Å²) in [4.78, 5) is 29.5. The molecule has 1 N–H and O–H groups in total. The number of carbonyl (C=O) groups excluding carboxylic acids is 1. The summed E-state index contributed by atoms with van der Waals surface area (Å²) in [6.07, 6.45) is 1.59. The second-order valence-electron chi connectivity index (χ2n) is 6.76. The number of rotatable bonds is 6. The van der Waals surface area contributed by atoms with Gasteiger partial charge in [0.25, 0.3) is 5.91 Å². The van der Waals surface area contributed by atoms with E-state index < -0.39 is 5.82 Å². The fraction of sp³-hybridized carbons (Fsp3) is 0.136. The molecule has 4 aromatic rings. The number of amides is 1. The standard InChI is InChI=1S/C22H18F2N4O2/c23-17-7-3-15(4-8-17)14-28-19-2-1-11-25-20(19)27(22(28)30)13-12-26-21(29)16-5-9-18(24)10-6-16/h1-11H,12-14H2,(H,26,29). The van der Waals surface area contributed by atoms with E-state index in [0.29, 0.717) is 16.7 Å². The first kappa shape index (κ1) is 19.5. The second kappa shape index (κ2) is 8.28. The van der Waals surface area contributed by atoms with Gasteiger partial charge in [-0.15, -0.1) is 0 Å². The number of pyridine rings is 1. The Labute approximate surface area is 170 Å². The highest BCUT2D eigenvalue weighted by molar-refractivity contribution is 5.94. The first-order chi connectivity index (χ1) is 14.5. The van der Waals surface area contributed by atoms with Crippen molar-refractivity contribution in [1.82, 2.24) is 19.4 Å². The van der Waals surface area contributed by atoms with Crippen LogP contribution < -0.4 is 11.0 Å². The number of imidazole rings is 1. The Balaban J connectivity index is 1.54. The molecule has 0 spiro atoms. The highest BCUT2D eigenvalue weighted by atomic mass is 19.1. The van der Waals surface area contributed by atoms with Crippen molar-refractivity contribution in [3.05, 3.63) is 100 Å². The summed E-state index contributed by atoms with van der Waals surface area (Å²) in [5.74, 6) is -1.11. The zero-order chi connectivity index (χ0) is 21.1. The Morgan fingerprint density at radius 1 is 0.933 bits per heavy atom. The molecular formula is C22H18F2N4O2. The highest BCUT2D eigenvalue weighted by Crippen LogP contribution is 2.13. The largest absolute Gasteiger partial charge is 0.350 e. The van der Waals surface area contributed by atoms with Gasteiger partial charge in [-0.25, -0.2) is 18.6 Å². The minimum Gasteiger partial charge on any atom is -0.350 e. The number of halogens is 2. The fourth-order valence-corrected chi connectivity index (χ4v) is 3.26. The molecule has 1 amide bonds. The lowest BCUT2D eigenvalue weighted by atomic mass is 10.2. The number of benzene rings is 2. The molecule has 2 aromatic heterocycles. The number of hydrogen-bond donors (Lipinski definition) is 1. The van der Waals surface area contributed by atoms with E-state index in [9.17, 15) is 18.4 Å². The third-order valence-corrected chi connectivity index (χ3v) is 4.76. The summed E-state index contributed by atoms with van der Waals surface area (Å²) < 4.78 is 29.2. The van der Waals surface area contributed by atoms with Gasteiger partial charge in [-0.3, -0.25) is 13.9 Å². The van der Waals surface area contributed by atoms with Gasteiger partial charge in [0.2, 0.25) is 0 Å². The molecule has 0 bridgehead atoms. The predicted octanol–water partition coefficient (Wildman–Crippen LogP) is 2.95. The first-order valence-corrected chi connectivity index (χ1v) is 9.35. The summed E-state index contributed by atoms with van der Waals surface area (Å²) >= 11 is 0. The van der Waals surface area contributed by atoms with Crippen molar-refractivity contribution in [3.8, 4) is 0 Å². The van der Waals surface area contributed by atoms with E-state index in [1.807, 2.05) is 0 Å². The smallest absolute Gasteiger partial charge is 0.330 e. The van der Waals surface area contributed by atoms with Gasteiger partial charge in [0, 0.05) is 24.8 Å². The van der Waals surface area contributed by atoms with Gasteiger partial charge in [0.15, 0.2) is 5.65 Å². The maximum Gasteiger partial charge on any atom is 0.330 e. The molecule has 4 rings (SSSR count). The number of fused-ring (bicyclic) bond motifs is 1. The summed E-state index contributed by atoms with van der Waals surface area (Å²) in [5.41, 5.74) is 1.99. The van der Waals surface area contributed by atoms with Crippen LogP contribution >= 0.6 is 0 Å². The van der Waals surface area contributed by atoms with Gasteiger partial charge >= 0.3 is 5.69 Å². The molecule has 0 saturated carbocycles. The Kier molecular flexibility index (Phi) is 5.38. The molecule has 0 aliphatic rings. The van der Waals surface area contributed by atoms with E-state index >= 15 is 0 Å². The van der Waals surface area contributed by atoms with E-state index in [4.69, 9.17) is 0 Å². The van der Waals surface area contributed by atoms with Crippen LogP contribution in [0.15, 0.2) is 71.7 Å². The van der Waals surface area contributed by atoms with E-state index in [1.54, 1.807) is 35.0 Å². The van der Waals surface area contributed by atoms with Gasteiger partial charge in [0.05, 0.1) is 12.1 Å². The zero-order valence-electron chi connectivity index (χ0n) is 15.9. The topological polar surface area (TPSA) is 68.9 Å². The molecule has 0 aliphatic heterocycles. The lowest BCUT2D eigenvalue weighted by molar-refractivity contribution is 0.0952. The monoisotopic (exact) mass is 408 g/mol. The molecule has 2 aromatic carbocycles. The lowest BCUT2D eigenvalue weighted by Gasteiger charge is -2.06. The van der Waals surface area contributed by atoms with Crippen LogP contribution in [0, 0.1) is 11.6 Å². The average molecular weight is 408 g/mol. The predicted molar refractivity (Wildman–Crippen MR) is 108 cm³/mol. The normalized spacial score (nSPS) is 11.0. The van der Waals surface area contributed by atoms with Crippen molar-refractivity contribution < 1.29 is 13.6 Å². The maximum atomic E-state index is 13.2. The molecule has 8 heteroatoms. The molecule has 0 aliphatic carbocycles. The van der Waals surface area contributed by atoms with Crippen LogP contribution in [-0.2, 0) is 13.1 Å². The number of nitrogens with zero attached hydrogens (tertiary/aromatic N) is 3. The van der Waals surface area contributed by atoms with Crippen LogP contribution in [-0.4, -0.2) is 26.6 Å². The van der Waals surface area contributed by atoms with Crippen molar-refractivity contribution in [2.45, 2.75) is 13.1 Å². The minimum atomic E-state index is -0.418. The molecule has 0 saturated heterocycles. The Bertz CT molecular complexity index is 1250. The van der Waals surface area contributed by atoms with Crippen molar-refractivity contribution in [2.75, 3.05) is 6.54 Å². The minimum absolute atomic E-state index is 0.197. The number of aromatic nitrogens is 3. The maximum absolute atomic E-state index is 13.2. The molecule has 0 atom stereocenters. The molecule has 0 radical (unpaired) electrons. The molecule has 0 unspecified atom stereocenters. The lowest BCUT2D eigenvalue weighted by Crippen LogP contribution is -2.32. The Hall–Kier alpha value is -3.81. The quantitative estimate of drug-likeness (QED) is 0.533. The number of carbonyl (C=O) groups is 1. The molecule has 2 heterocycles. The molecule has 152 valence electrons. The summed E-state index contributed by atoms with van der Waals surface area (Å²) in [7, 11) is 0. The summed E-state index contributed by atoms with van der Waals surface area (Å²) in [6, 6.07) is 14.7. The van der Waals surface area contributed by atoms with E-state index in [1.165, 1.54) is 41.0 Å². The van der Waals surface area contributed by atoms with Crippen molar-refractivity contribution in [3.63, 3.8) is 0 Å². The summed E-state index contributed by atoms with van der Waals surface area (Å²) in [6.45, 7) is 0.689. The van der Waals surface area contributed by atoms with Crippen LogP contribution in [0.2, 0.25) is 0 Å². The van der Waals surface area contributed by atoms with Crippen LogP contribution in [0.25, 0.3) is 11.2 Å². The number of nitrogens with one attached hydrogen (secondary N) is 1. The average Bonchev–Trinajstić information content (AvgIpc) is 3.01. The molecule has 0 fully saturated rings. The van der Waals surface area contributed by atoms with Crippen LogP contribution in [0.5, 0.6) is 0 Å². The van der Waals surface area contributed by atoms with E-state index in [0.717, 1.165) is 5.56 Å². The summed E-state index contributed by atoms with van der Waals surface area (Å²) in [5, 5.41) is 2.72. The third kappa shape index (κ3) is 3.98. The zero-order valence-corrected chi connectivity index (χ0v) is 15.9. The first-order valence-electron chi connectivity index (χ1n) is 9.35. The van der Waals surface area contributed by atoms with Crippen LogP contribution in [0.3, 0.4) is 0 Å². The van der Waals surface area contributed by atoms with Crippen molar-refractivity contribution in [2.24, 2.45) is 0 Å². The van der Waals surface area contributed by atoms with E-state index in [2.05, 4.69) is 10.3 Å². The van der Waals surface area contributed by atoms with Gasteiger partial charge in [-0.1, -0.05) is 12.1 Å². The molecule has 30 heavy (non-hydrogen) atoms. The SMILES string of the molecule is O=C(NCCn1c(=O)n(Cc2ccc(F)cc2)c2cccnc21)c1ccc(F)cc1. The van der Waals surface area contributed by atoms with Gasteiger partial charge in [-0.2, -0.15) is 0 Å². The van der Waals surface area contributed by atoms with Gasteiger partial charge < -0.3 is 5.32 Å². The van der Waals surface area contributed by atoms with E-state index in [-0.39, 0.29) is 37.0 Å². The van der Waals surface area contributed by atoms with Crippen LogP contribution in [0.4, 0.5) is 8.78 Å². The highest BCUT2D eigenvalue weighted by Gasteiger charge is 2.15. The molecule has 6 nitrogen and oxygen atoms in total. The molecular weight excluding hydrogens is 390 g/mol. The Morgan fingerprint density at radius 3 is 2.30 bits per heavy atom. The van der Waals surface area contributed by atoms with Crippen molar-refractivity contribution in [1.29, 1.82) is 0 Å². The van der Waals surface area contributed by atoms with Crippen molar-refractivity contribution >= 4 is 17.1 Å².